The van der Waals surface area contributed by atoms with Gasteiger partial charge in [-0.3, -0.25) is 14.5 Å². The standard InChI is InChI=1S/C22H21ClN4O3/c23-15-5-7-16(8-6-15)25-20(28)10-9-19-21(29)27(22(30)26-19)12-11-14-13-24-18-4-2-1-3-17(14)18/h1-8,13,19,24H,9-12H2,(H,25,28)(H,26,30)/t19-/m0/s1. The Morgan fingerprint density at radius 1 is 1.10 bits per heavy atom. The van der Waals surface area contributed by atoms with Crippen LogP contribution in [0.5, 0.6) is 0 Å². The average molecular weight is 425 g/mol. The topological polar surface area (TPSA) is 94.3 Å². The molecule has 0 aliphatic carbocycles. The second-order valence-corrected chi connectivity index (χ2v) is 7.63. The van der Waals surface area contributed by atoms with Crippen LogP contribution in [0, 0.1) is 0 Å². The summed E-state index contributed by atoms with van der Waals surface area (Å²) < 4.78 is 0. The molecule has 154 valence electrons. The highest BCUT2D eigenvalue weighted by Crippen LogP contribution is 2.20. The van der Waals surface area contributed by atoms with Gasteiger partial charge in [0.25, 0.3) is 5.91 Å². The lowest BCUT2D eigenvalue weighted by Gasteiger charge is -2.12. The van der Waals surface area contributed by atoms with E-state index in [1.54, 1.807) is 24.3 Å². The molecular weight excluding hydrogens is 404 g/mol. The molecule has 1 saturated heterocycles. The third-order valence-electron chi connectivity index (χ3n) is 5.17. The summed E-state index contributed by atoms with van der Waals surface area (Å²) in [6, 6.07) is 13.6. The maximum absolute atomic E-state index is 12.6. The van der Waals surface area contributed by atoms with E-state index in [9.17, 15) is 14.4 Å². The van der Waals surface area contributed by atoms with Gasteiger partial charge in [-0.05, 0) is 48.7 Å². The second-order valence-electron chi connectivity index (χ2n) is 7.20. The van der Waals surface area contributed by atoms with Crippen molar-refractivity contribution in [1.82, 2.24) is 15.2 Å². The van der Waals surface area contributed by atoms with Crippen molar-refractivity contribution in [3.63, 3.8) is 0 Å². The largest absolute Gasteiger partial charge is 0.361 e. The number of benzene rings is 2. The van der Waals surface area contributed by atoms with Crippen LogP contribution < -0.4 is 10.6 Å². The number of imide groups is 1. The quantitative estimate of drug-likeness (QED) is 0.505. The molecule has 7 nitrogen and oxygen atoms in total. The minimum Gasteiger partial charge on any atom is -0.361 e. The molecule has 1 aliphatic heterocycles. The van der Waals surface area contributed by atoms with Gasteiger partial charge < -0.3 is 15.6 Å². The Bertz CT molecular complexity index is 1090. The zero-order valence-corrected chi connectivity index (χ0v) is 16.9. The van der Waals surface area contributed by atoms with Crippen LogP contribution in [0.1, 0.15) is 18.4 Å². The summed E-state index contributed by atoms with van der Waals surface area (Å²) in [5, 5.41) is 7.10. The Hall–Kier alpha value is -3.32. The Morgan fingerprint density at radius 3 is 2.67 bits per heavy atom. The lowest BCUT2D eigenvalue weighted by atomic mass is 10.1. The predicted molar refractivity (Wildman–Crippen MR) is 115 cm³/mol. The first-order valence-electron chi connectivity index (χ1n) is 9.73. The molecule has 4 amide bonds. The number of amides is 4. The smallest absolute Gasteiger partial charge is 0.324 e. The molecule has 0 radical (unpaired) electrons. The van der Waals surface area contributed by atoms with E-state index in [2.05, 4.69) is 15.6 Å². The van der Waals surface area contributed by atoms with Gasteiger partial charge in [0.05, 0.1) is 0 Å². The molecule has 0 saturated carbocycles. The van der Waals surface area contributed by atoms with Gasteiger partial charge in [-0.1, -0.05) is 29.8 Å². The Kier molecular flexibility index (Phi) is 5.72. The molecule has 1 aromatic heterocycles. The number of aromatic nitrogens is 1. The molecule has 3 aromatic rings. The highest BCUT2D eigenvalue weighted by molar-refractivity contribution is 6.30. The minimum atomic E-state index is -0.684. The summed E-state index contributed by atoms with van der Waals surface area (Å²) in [7, 11) is 0. The molecule has 4 rings (SSSR count). The highest BCUT2D eigenvalue weighted by atomic mass is 35.5. The van der Waals surface area contributed by atoms with Gasteiger partial charge in [0.2, 0.25) is 5.91 Å². The number of urea groups is 1. The Balaban J connectivity index is 1.30. The number of aromatic amines is 1. The molecule has 2 aromatic carbocycles. The number of halogens is 1. The number of para-hydroxylation sites is 1. The monoisotopic (exact) mass is 424 g/mol. The van der Waals surface area contributed by atoms with Crippen LogP contribution in [0.25, 0.3) is 10.9 Å². The number of rotatable bonds is 7. The van der Waals surface area contributed by atoms with E-state index < -0.39 is 12.1 Å². The number of hydrogen-bond donors (Lipinski definition) is 3. The van der Waals surface area contributed by atoms with Gasteiger partial charge in [-0.15, -0.1) is 0 Å². The van der Waals surface area contributed by atoms with E-state index in [0.29, 0.717) is 23.7 Å². The SMILES string of the molecule is O=C(CC[C@@H]1NC(=O)N(CCc2c[nH]c3ccccc23)C1=O)Nc1ccc(Cl)cc1. The molecule has 0 bridgehead atoms. The summed E-state index contributed by atoms with van der Waals surface area (Å²) in [6.07, 6.45) is 2.83. The summed E-state index contributed by atoms with van der Waals surface area (Å²) in [5.74, 6) is -0.518. The van der Waals surface area contributed by atoms with Crippen molar-refractivity contribution in [3.8, 4) is 0 Å². The Morgan fingerprint density at radius 2 is 1.87 bits per heavy atom. The minimum absolute atomic E-state index is 0.121. The van der Waals surface area contributed by atoms with Crippen LogP contribution in [-0.4, -0.2) is 40.3 Å². The van der Waals surface area contributed by atoms with E-state index in [-0.39, 0.29) is 24.7 Å². The Labute approximate surface area is 178 Å². The van der Waals surface area contributed by atoms with Crippen LogP contribution in [0.4, 0.5) is 10.5 Å². The van der Waals surface area contributed by atoms with Gasteiger partial charge >= 0.3 is 6.03 Å². The van der Waals surface area contributed by atoms with Crippen molar-refractivity contribution in [2.24, 2.45) is 0 Å². The first-order valence-corrected chi connectivity index (χ1v) is 10.1. The van der Waals surface area contributed by atoms with Crippen molar-refractivity contribution in [2.45, 2.75) is 25.3 Å². The van der Waals surface area contributed by atoms with Gasteiger partial charge in [-0.2, -0.15) is 0 Å². The third kappa shape index (κ3) is 4.31. The van der Waals surface area contributed by atoms with Crippen molar-refractivity contribution in [2.75, 3.05) is 11.9 Å². The fourth-order valence-corrected chi connectivity index (χ4v) is 3.71. The molecule has 1 atom stereocenters. The van der Waals surface area contributed by atoms with Crippen molar-refractivity contribution in [3.05, 3.63) is 65.3 Å². The van der Waals surface area contributed by atoms with Crippen molar-refractivity contribution < 1.29 is 14.4 Å². The lowest BCUT2D eigenvalue weighted by Crippen LogP contribution is -2.33. The number of anilines is 1. The van der Waals surface area contributed by atoms with Crippen LogP contribution in [0.3, 0.4) is 0 Å². The first kappa shape index (κ1) is 20.0. The number of carbonyl (C=O) groups excluding carboxylic acids is 3. The molecule has 0 spiro atoms. The summed E-state index contributed by atoms with van der Waals surface area (Å²) in [6.45, 7) is 0.292. The number of fused-ring (bicyclic) bond motifs is 1. The number of nitrogens with one attached hydrogen (secondary N) is 3. The normalized spacial score (nSPS) is 16.2. The van der Waals surface area contributed by atoms with Gasteiger partial charge in [0.1, 0.15) is 6.04 Å². The summed E-state index contributed by atoms with van der Waals surface area (Å²) >= 11 is 5.83. The molecule has 3 N–H and O–H groups in total. The number of nitrogens with zero attached hydrogens (tertiary/aromatic N) is 1. The fraction of sp³-hybridized carbons (Fsp3) is 0.227. The summed E-state index contributed by atoms with van der Waals surface area (Å²) in [4.78, 5) is 41.5. The third-order valence-corrected chi connectivity index (χ3v) is 5.43. The zero-order valence-electron chi connectivity index (χ0n) is 16.2. The lowest BCUT2D eigenvalue weighted by molar-refractivity contribution is -0.127. The molecule has 1 aliphatic rings. The molecule has 0 unspecified atom stereocenters. The van der Waals surface area contributed by atoms with E-state index in [1.807, 2.05) is 30.5 Å². The van der Waals surface area contributed by atoms with Crippen LogP contribution in [0.2, 0.25) is 5.02 Å². The first-order chi connectivity index (χ1) is 14.5. The average Bonchev–Trinajstić information content (AvgIpc) is 3.27. The maximum atomic E-state index is 12.6. The molecule has 8 heteroatoms. The predicted octanol–water partition coefficient (Wildman–Crippen LogP) is 3.70. The van der Waals surface area contributed by atoms with Crippen LogP contribution in [0.15, 0.2) is 54.7 Å². The molecule has 2 heterocycles. The number of carbonyl (C=O) groups is 3. The van der Waals surface area contributed by atoms with Crippen LogP contribution in [-0.2, 0) is 16.0 Å². The molecular formula is C22H21ClN4O3. The van der Waals surface area contributed by atoms with E-state index in [4.69, 9.17) is 11.6 Å². The fourth-order valence-electron chi connectivity index (χ4n) is 3.59. The van der Waals surface area contributed by atoms with Crippen molar-refractivity contribution >= 4 is 46.0 Å². The molecule has 30 heavy (non-hydrogen) atoms. The van der Waals surface area contributed by atoms with Gasteiger partial charge in [0, 0.05) is 40.8 Å². The number of hydrogen-bond acceptors (Lipinski definition) is 3. The zero-order chi connectivity index (χ0) is 21.1. The van der Waals surface area contributed by atoms with Crippen molar-refractivity contribution in [1.29, 1.82) is 0 Å². The van der Waals surface area contributed by atoms with Gasteiger partial charge in [0.15, 0.2) is 0 Å². The van der Waals surface area contributed by atoms with E-state index >= 15 is 0 Å². The molecule has 1 fully saturated rings. The van der Waals surface area contributed by atoms with Crippen LogP contribution >= 0.6 is 11.6 Å². The summed E-state index contributed by atoms with van der Waals surface area (Å²) in [5.41, 5.74) is 2.71. The van der Waals surface area contributed by atoms with E-state index in [0.717, 1.165) is 16.5 Å². The highest BCUT2D eigenvalue weighted by Gasteiger charge is 2.37. The van der Waals surface area contributed by atoms with Gasteiger partial charge in [-0.25, -0.2) is 4.79 Å². The van der Waals surface area contributed by atoms with E-state index in [1.165, 1.54) is 4.90 Å². The maximum Gasteiger partial charge on any atom is 0.324 e. The second kappa shape index (κ2) is 8.59. The number of H-pyrrole nitrogens is 1.